The third-order valence-corrected chi connectivity index (χ3v) is 9.15. The Bertz CT molecular complexity index is 2000. The van der Waals surface area contributed by atoms with E-state index in [4.69, 9.17) is 13.0 Å². The van der Waals surface area contributed by atoms with Gasteiger partial charge in [0.05, 0.1) is 0 Å². The van der Waals surface area contributed by atoms with Crippen molar-refractivity contribution in [3.05, 3.63) is 131 Å². The highest BCUT2D eigenvalue weighted by Gasteiger charge is 2.44. The molecule has 5 aromatic rings. The molecule has 0 bridgehead atoms. The Kier molecular flexibility index (Phi) is 9.03. The molecule has 244 valence electrons. The molecule has 1 aliphatic rings. The van der Waals surface area contributed by atoms with Gasteiger partial charge in [0, 0.05) is 0 Å². The highest BCUT2D eigenvalue weighted by molar-refractivity contribution is 7.86. The molecule has 0 saturated carbocycles. The van der Waals surface area contributed by atoms with Crippen LogP contribution in [0.1, 0.15) is 63.8 Å². The van der Waals surface area contributed by atoms with Crippen LogP contribution >= 0.6 is 0 Å². The lowest BCUT2D eigenvalue weighted by atomic mass is 9.80. The van der Waals surface area contributed by atoms with Gasteiger partial charge in [0.2, 0.25) is 0 Å². The van der Waals surface area contributed by atoms with Gasteiger partial charge >= 0.3 is 15.6 Å². The molecule has 5 aromatic carbocycles. The van der Waals surface area contributed by atoms with Crippen molar-refractivity contribution in [1.29, 1.82) is 0 Å². The summed E-state index contributed by atoms with van der Waals surface area (Å²) in [6, 6.07) is 41.0. The van der Waals surface area contributed by atoms with Gasteiger partial charge in [-0.15, -0.1) is 0 Å². The van der Waals surface area contributed by atoms with Gasteiger partial charge in [-0.1, -0.05) is 145 Å². The first kappa shape index (κ1) is 34.1. The first-order valence-electron chi connectivity index (χ1n) is 15.5. The van der Waals surface area contributed by atoms with Crippen LogP contribution in [-0.4, -0.2) is 18.5 Å². The van der Waals surface area contributed by atoms with Gasteiger partial charge in [0.25, 0.3) is 0 Å². The van der Waals surface area contributed by atoms with Crippen LogP contribution in [0.15, 0.2) is 109 Å². The fourth-order valence-corrected chi connectivity index (χ4v) is 6.01. The van der Waals surface area contributed by atoms with Crippen molar-refractivity contribution in [3.8, 4) is 44.5 Å². The average molecular weight is 657 g/mol. The SMILES string of the molecule is CC(C)(C)c1ccc(-c2c(-c3ccccc3)cc3c(c2-c2ccc(C(C)(C)C)cc2)Cc2ccccc2-3)cc1.O=S(=O)(O)C(F)(F)F. The van der Waals surface area contributed by atoms with Gasteiger partial charge < -0.3 is 0 Å². The van der Waals surface area contributed by atoms with Crippen molar-refractivity contribution in [2.45, 2.75) is 64.3 Å². The van der Waals surface area contributed by atoms with Gasteiger partial charge in [-0.3, -0.25) is 4.55 Å². The highest BCUT2D eigenvalue weighted by Crippen LogP contribution is 2.50. The molecular formula is C40H39F3O3S. The van der Waals surface area contributed by atoms with Crippen LogP contribution in [-0.2, 0) is 27.4 Å². The lowest BCUT2D eigenvalue weighted by molar-refractivity contribution is -0.0510. The summed E-state index contributed by atoms with van der Waals surface area (Å²) in [5.74, 6) is 0. The van der Waals surface area contributed by atoms with Crippen LogP contribution in [0.3, 0.4) is 0 Å². The standard InChI is InChI=1S/C39H38.CHF3O3S/c1-38(2,3)30-20-16-27(17-21-30)36-33(26-12-8-7-9-13-26)25-34-32-15-11-10-14-29(32)24-35(34)37(36)28-18-22-31(23-19-28)39(4,5)6;2-1(3,4)8(5,6)7/h7-23,25H,24H2,1-6H3;(H,5,6,7). The maximum absolute atomic E-state index is 10.7. The van der Waals surface area contributed by atoms with Gasteiger partial charge in [-0.25, -0.2) is 0 Å². The van der Waals surface area contributed by atoms with Crippen LogP contribution in [0.2, 0.25) is 0 Å². The number of fused-ring (bicyclic) bond motifs is 3. The largest absolute Gasteiger partial charge is 0.522 e. The Morgan fingerprint density at radius 2 is 1.00 bits per heavy atom. The van der Waals surface area contributed by atoms with Crippen LogP contribution in [0.4, 0.5) is 13.2 Å². The second-order valence-electron chi connectivity index (χ2n) is 14.0. The molecule has 0 radical (unpaired) electrons. The van der Waals surface area contributed by atoms with Crippen LogP contribution in [0.5, 0.6) is 0 Å². The van der Waals surface area contributed by atoms with Gasteiger partial charge in [0.1, 0.15) is 0 Å². The fraction of sp³-hybridized carbons (Fsp3) is 0.250. The molecule has 0 amide bonds. The zero-order valence-corrected chi connectivity index (χ0v) is 28.2. The zero-order valence-electron chi connectivity index (χ0n) is 27.4. The molecular weight excluding hydrogens is 617 g/mol. The predicted molar refractivity (Wildman–Crippen MR) is 186 cm³/mol. The van der Waals surface area contributed by atoms with Crippen molar-refractivity contribution in [3.63, 3.8) is 0 Å². The number of halogens is 3. The number of hydrogen-bond acceptors (Lipinski definition) is 2. The van der Waals surface area contributed by atoms with Crippen molar-refractivity contribution >= 4 is 10.1 Å². The molecule has 0 saturated heterocycles. The lowest BCUT2D eigenvalue weighted by Gasteiger charge is -2.24. The maximum atomic E-state index is 10.7. The van der Waals surface area contributed by atoms with E-state index in [1.54, 1.807) is 0 Å². The number of alkyl halides is 3. The van der Waals surface area contributed by atoms with E-state index in [1.165, 1.54) is 66.8 Å². The minimum atomic E-state index is -5.84. The van der Waals surface area contributed by atoms with Gasteiger partial charge in [-0.2, -0.15) is 21.6 Å². The first-order valence-corrected chi connectivity index (χ1v) is 16.9. The summed E-state index contributed by atoms with van der Waals surface area (Å²) in [5.41, 5.74) is 10.8. The summed E-state index contributed by atoms with van der Waals surface area (Å²) in [6.45, 7) is 13.7. The van der Waals surface area contributed by atoms with E-state index in [-0.39, 0.29) is 10.8 Å². The second-order valence-corrected chi connectivity index (χ2v) is 15.4. The van der Waals surface area contributed by atoms with E-state index in [0.29, 0.717) is 0 Å². The van der Waals surface area contributed by atoms with Crippen LogP contribution < -0.4 is 0 Å². The van der Waals surface area contributed by atoms with E-state index in [1.807, 2.05) is 0 Å². The van der Waals surface area contributed by atoms with Crippen molar-refractivity contribution in [2.24, 2.45) is 0 Å². The molecule has 0 unspecified atom stereocenters. The molecule has 0 aliphatic heterocycles. The Labute approximate surface area is 275 Å². The number of hydrogen-bond donors (Lipinski definition) is 1. The quantitative estimate of drug-likeness (QED) is 0.152. The predicted octanol–water partition coefficient (Wildman–Crippen LogP) is 11.2. The van der Waals surface area contributed by atoms with Crippen LogP contribution in [0, 0.1) is 0 Å². The van der Waals surface area contributed by atoms with E-state index < -0.39 is 15.6 Å². The minimum absolute atomic E-state index is 0.117. The Morgan fingerprint density at radius 1 is 0.553 bits per heavy atom. The molecule has 7 heteroatoms. The van der Waals surface area contributed by atoms with E-state index >= 15 is 0 Å². The smallest absolute Gasteiger partial charge is 0.279 e. The Balaban J connectivity index is 0.000000483. The van der Waals surface area contributed by atoms with E-state index in [9.17, 15) is 13.2 Å². The minimum Gasteiger partial charge on any atom is -0.279 e. The van der Waals surface area contributed by atoms with Crippen molar-refractivity contribution in [2.75, 3.05) is 0 Å². The molecule has 1 aliphatic carbocycles. The van der Waals surface area contributed by atoms with E-state index in [2.05, 4.69) is 151 Å². The topological polar surface area (TPSA) is 54.4 Å². The molecule has 1 N–H and O–H groups in total. The Hall–Kier alpha value is -4.20. The highest BCUT2D eigenvalue weighted by atomic mass is 32.2. The average Bonchev–Trinajstić information content (AvgIpc) is 3.37. The monoisotopic (exact) mass is 656 g/mol. The second kappa shape index (κ2) is 12.4. The summed E-state index contributed by atoms with van der Waals surface area (Å²) in [6.07, 6.45) is 0.962. The van der Waals surface area contributed by atoms with Crippen molar-refractivity contribution < 1.29 is 26.1 Å². The lowest BCUT2D eigenvalue weighted by Crippen LogP contribution is -2.21. The summed E-state index contributed by atoms with van der Waals surface area (Å²) in [7, 11) is -5.84. The summed E-state index contributed by atoms with van der Waals surface area (Å²) >= 11 is 0. The normalized spacial score (nSPS) is 13.0. The molecule has 0 aromatic heterocycles. The third kappa shape index (κ3) is 7.21. The van der Waals surface area contributed by atoms with Gasteiger partial charge in [-0.05, 0) is 90.1 Å². The van der Waals surface area contributed by atoms with Crippen LogP contribution in [0.25, 0.3) is 44.5 Å². The molecule has 0 atom stereocenters. The number of benzene rings is 5. The summed E-state index contributed by atoms with van der Waals surface area (Å²) in [4.78, 5) is 0. The molecule has 6 rings (SSSR count). The zero-order chi connectivity index (χ0) is 34.4. The Morgan fingerprint density at radius 3 is 1.47 bits per heavy atom. The maximum Gasteiger partial charge on any atom is 0.522 e. The summed E-state index contributed by atoms with van der Waals surface area (Å²) < 4.78 is 57.5. The third-order valence-electron chi connectivity index (χ3n) is 8.57. The number of rotatable bonds is 3. The molecule has 0 heterocycles. The first-order chi connectivity index (χ1) is 21.9. The van der Waals surface area contributed by atoms with E-state index in [0.717, 1.165) is 6.42 Å². The van der Waals surface area contributed by atoms with Gasteiger partial charge in [0.15, 0.2) is 0 Å². The summed E-state index contributed by atoms with van der Waals surface area (Å²) in [5, 5.41) is 0. The molecule has 47 heavy (non-hydrogen) atoms. The molecule has 0 fully saturated rings. The molecule has 0 spiro atoms. The molecule has 3 nitrogen and oxygen atoms in total. The van der Waals surface area contributed by atoms with Crippen molar-refractivity contribution in [1.82, 2.24) is 0 Å². The fourth-order valence-electron chi connectivity index (χ4n) is 6.01.